The number of thiocarbonyl (C=S) groups is 1. The van der Waals surface area contributed by atoms with Gasteiger partial charge in [0.05, 0.1) is 5.70 Å². The lowest BCUT2D eigenvalue weighted by Crippen LogP contribution is -2.35. The molecule has 0 atom stereocenters. The summed E-state index contributed by atoms with van der Waals surface area (Å²) in [5, 5.41) is 1.98. The second kappa shape index (κ2) is 4.42. The van der Waals surface area contributed by atoms with Crippen molar-refractivity contribution in [3.8, 4) is 0 Å². The van der Waals surface area contributed by atoms with E-state index in [9.17, 15) is 0 Å². The van der Waals surface area contributed by atoms with Gasteiger partial charge in [-0.25, -0.2) is 0 Å². The molecule has 15 heavy (non-hydrogen) atoms. The fraction of sp³-hybridized carbons (Fsp3) is 0.182. The van der Waals surface area contributed by atoms with Crippen molar-refractivity contribution < 1.29 is 0 Å². The summed E-state index contributed by atoms with van der Waals surface area (Å²) in [6, 6.07) is 10.1. The van der Waals surface area contributed by atoms with Crippen molar-refractivity contribution in [1.29, 1.82) is 0 Å². The van der Waals surface area contributed by atoms with Crippen molar-refractivity contribution in [3.05, 3.63) is 41.6 Å². The maximum atomic E-state index is 5.20. The van der Waals surface area contributed by atoms with Crippen LogP contribution in [0, 0.1) is 0 Å². The molecule has 4 heteroatoms. The first kappa shape index (κ1) is 10.1. The van der Waals surface area contributed by atoms with Crippen molar-refractivity contribution >= 4 is 23.3 Å². The molecule has 0 aromatic heterocycles. The lowest BCUT2D eigenvalue weighted by molar-refractivity contribution is 0.285. The summed E-state index contributed by atoms with van der Waals surface area (Å²) in [7, 11) is 0. The number of hydrogen-bond donors (Lipinski definition) is 2. The van der Waals surface area contributed by atoms with Crippen molar-refractivity contribution in [2.24, 2.45) is 0 Å². The van der Waals surface area contributed by atoms with E-state index in [2.05, 4.69) is 36.1 Å². The van der Waals surface area contributed by atoms with Crippen LogP contribution in [0.15, 0.2) is 36.0 Å². The summed E-state index contributed by atoms with van der Waals surface area (Å²) in [5.41, 5.74) is 8.09. The molecule has 2 N–H and O–H groups in total. The maximum Gasteiger partial charge on any atom is 0.140 e. The van der Waals surface area contributed by atoms with Crippen LogP contribution in [0.25, 0.3) is 6.08 Å². The summed E-state index contributed by atoms with van der Waals surface area (Å²) in [4.78, 5) is 0.737. The van der Waals surface area contributed by atoms with Crippen molar-refractivity contribution in [3.63, 3.8) is 0 Å². The highest BCUT2D eigenvalue weighted by Crippen LogP contribution is 2.13. The van der Waals surface area contributed by atoms with Gasteiger partial charge in [0.1, 0.15) is 4.99 Å². The molecule has 1 aromatic rings. The number of hydrogen-bond acceptors (Lipinski definition) is 3. The molecular formula is C11H13N3S. The second-order valence-corrected chi connectivity index (χ2v) is 3.66. The van der Waals surface area contributed by atoms with Gasteiger partial charge in [-0.05, 0) is 18.6 Å². The van der Waals surface area contributed by atoms with Crippen LogP contribution in [0.3, 0.4) is 0 Å². The van der Waals surface area contributed by atoms with E-state index in [0.29, 0.717) is 0 Å². The highest BCUT2D eigenvalue weighted by Gasteiger charge is 2.19. The minimum Gasteiger partial charge on any atom is -0.292 e. The third kappa shape index (κ3) is 2.16. The molecule has 0 saturated carbocycles. The Bertz CT molecular complexity index is 386. The third-order valence-electron chi connectivity index (χ3n) is 2.25. The average Bonchev–Trinajstić information content (AvgIpc) is 2.62. The van der Waals surface area contributed by atoms with Gasteiger partial charge in [0, 0.05) is 6.54 Å². The van der Waals surface area contributed by atoms with Gasteiger partial charge in [-0.3, -0.25) is 10.4 Å². The lowest BCUT2D eigenvalue weighted by atomic mass is 10.2. The Labute approximate surface area is 94.7 Å². The molecular weight excluding hydrogens is 206 g/mol. The summed E-state index contributed by atoms with van der Waals surface area (Å²) in [5.74, 6) is 0. The van der Waals surface area contributed by atoms with Gasteiger partial charge in [0.25, 0.3) is 0 Å². The third-order valence-corrected chi connectivity index (χ3v) is 2.56. The van der Waals surface area contributed by atoms with E-state index in [1.165, 1.54) is 0 Å². The Balaban J connectivity index is 2.29. The predicted molar refractivity (Wildman–Crippen MR) is 65.7 cm³/mol. The Kier molecular flexibility index (Phi) is 2.99. The summed E-state index contributed by atoms with van der Waals surface area (Å²) in [6.07, 6.45) is 2.07. The molecule has 1 aliphatic heterocycles. The first-order valence-electron chi connectivity index (χ1n) is 4.91. The van der Waals surface area contributed by atoms with E-state index in [0.717, 1.165) is 22.8 Å². The Morgan fingerprint density at radius 2 is 2.07 bits per heavy atom. The average molecular weight is 219 g/mol. The molecule has 1 aliphatic rings. The largest absolute Gasteiger partial charge is 0.292 e. The van der Waals surface area contributed by atoms with Crippen LogP contribution in [0.2, 0.25) is 0 Å². The standard InChI is InChI=1S/C11H13N3S/c1-2-14-10(11(15)12-13-14)8-9-6-4-3-5-7-9/h3-8,13H,2H2,1H3,(H,12,15). The van der Waals surface area contributed by atoms with Crippen LogP contribution in [0.5, 0.6) is 0 Å². The molecule has 1 aromatic carbocycles. The van der Waals surface area contributed by atoms with Crippen LogP contribution in [-0.2, 0) is 0 Å². The fourth-order valence-corrected chi connectivity index (χ4v) is 1.68. The molecule has 0 amide bonds. The number of hydrazine groups is 2. The monoisotopic (exact) mass is 219 g/mol. The van der Waals surface area contributed by atoms with Crippen LogP contribution < -0.4 is 11.0 Å². The number of benzene rings is 1. The Morgan fingerprint density at radius 3 is 2.73 bits per heavy atom. The molecule has 0 unspecified atom stereocenters. The van der Waals surface area contributed by atoms with E-state index < -0.39 is 0 Å². The SMILES string of the molecule is CCN1NNC(=S)C1=Cc1ccccc1. The number of nitrogens with zero attached hydrogens (tertiary/aromatic N) is 1. The first-order valence-corrected chi connectivity index (χ1v) is 5.32. The molecule has 1 heterocycles. The number of nitrogens with one attached hydrogen (secondary N) is 2. The number of likely N-dealkylation sites (N-methyl/N-ethyl adjacent to an activating group) is 1. The zero-order valence-corrected chi connectivity index (χ0v) is 9.34. The van der Waals surface area contributed by atoms with Crippen LogP contribution in [-0.4, -0.2) is 16.5 Å². The zero-order chi connectivity index (χ0) is 10.7. The molecule has 0 bridgehead atoms. The Morgan fingerprint density at radius 1 is 1.33 bits per heavy atom. The van der Waals surface area contributed by atoms with Gasteiger partial charge in [-0.1, -0.05) is 42.5 Å². The molecule has 1 saturated heterocycles. The van der Waals surface area contributed by atoms with Gasteiger partial charge in [-0.15, -0.1) is 5.53 Å². The van der Waals surface area contributed by atoms with Crippen LogP contribution >= 0.6 is 12.2 Å². The second-order valence-electron chi connectivity index (χ2n) is 3.25. The maximum absolute atomic E-state index is 5.20. The minimum atomic E-state index is 0.737. The van der Waals surface area contributed by atoms with Crippen LogP contribution in [0.1, 0.15) is 12.5 Å². The topological polar surface area (TPSA) is 27.3 Å². The van der Waals surface area contributed by atoms with Crippen molar-refractivity contribution in [1.82, 2.24) is 16.0 Å². The van der Waals surface area contributed by atoms with Crippen molar-refractivity contribution in [2.75, 3.05) is 6.54 Å². The lowest BCUT2D eigenvalue weighted by Gasteiger charge is -2.14. The highest BCUT2D eigenvalue weighted by molar-refractivity contribution is 7.80. The summed E-state index contributed by atoms with van der Waals surface area (Å²) >= 11 is 5.20. The normalized spacial score (nSPS) is 18.3. The van der Waals surface area contributed by atoms with E-state index in [-0.39, 0.29) is 0 Å². The van der Waals surface area contributed by atoms with Crippen molar-refractivity contribution in [2.45, 2.75) is 6.92 Å². The fourth-order valence-electron chi connectivity index (χ4n) is 1.47. The van der Waals surface area contributed by atoms with E-state index in [4.69, 9.17) is 12.2 Å². The summed E-state index contributed by atoms with van der Waals surface area (Å²) < 4.78 is 0. The van der Waals surface area contributed by atoms with Gasteiger partial charge in [0.15, 0.2) is 0 Å². The number of rotatable bonds is 2. The van der Waals surface area contributed by atoms with E-state index in [1.54, 1.807) is 0 Å². The molecule has 0 radical (unpaired) electrons. The predicted octanol–water partition coefficient (Wildman–Crippen LogP) is 1.70. The van der Waals surface area contributed by atoms with E-state index >= 15 is 0 Å². The summed E-state index contributed by atoms with van der Waals surface area (Å²) in [6.45, 7) is 2.94. The molecule has 0 aliphatic carbocycles. The molecule has 0 spiro atoms. The van der Waals surface area contributed by atoms with Gasteiger partial charge in [-0.2, -0.15) is 0 Å². The Hall–Kier alpha value is -1.39. The quantitative estimate of drug-likeness (QED) is 0.585. The van der Waals surface area contributed by atoms with Crippen LogP contribution in [0.4, 0.5) is 0 Å². The van der Waals surface area contributed by atoms with E-state index in [1.807, 2.05) is 23.2 Å². The highest BCUT2D eigenvalue weighted by atomic mass is 32.1. The minimum absolute atomic E-state index is 0.737. The van der Waals surface area contributed by atoms with Gasteiger partial charge < -0.3 is 0 Å². The molecule has 3 nitrogen and oxygen atoms in total. The van der Waals surface area contributed by atoms with Gasteiger partial charge >= 0.3 is 0 Å². The molecule has 1 fully saturated rings. The smallest absolute Gasteiger partial charge is 0.140 e. The first-order chi connectivity index (χ1) is 7.31. The molecule has 2 rings (SSSR count). The van der Waals surface area contributed by atoms with Gasteiger partial charge in [0.2, 0.25) is 0 Å². The zero-order valence-electron chi connectivity index (χ0n) is 8.53. The molecule has 78 valence electrons.